The van der Waals surface area contributed by atoms with E-state index < -0.39 is 0 Å². The lowest BCUT2D eigenvalue weighted by Gasteiger charge is -2.21. The van der Waals surface area contributed by atoms with E-state index in [0.717, 1.165) is 82.2 Å². The van der Waals surface area contributed by atoms with Crippen LogP contribution in [0.5, 0.6) is 0 Å². The van der Waals surface area contributed by atoms with Gasteiger partial charge in [-0.05, 0) is 90.3 Å². The number of benzene rings is 4. The first-order chi connectivity index (χ1) is 22.3. The largest absolute Gasteiger partial charge is 0.456 e. The van der Waals surface area contributed by atoms with Crippen molar-refractivity contribution < 1.29 is 8.83 Å². The van der Waals surface area contributed by atoms with Gasteiger partial charge in [0.2, 0.25) is 0 Å². The van der Waals surface area contributed by atoms with Crippen LogP contribution < -0.4 is 5.32 Å². The van der Waals surface area contributed by atoms with Crippen LogP contribution in [-0.4, -0.2) is 6.04 Å². The smallest absolute Gasteiger partial charge is 0.142 e. The Morgan fingerprint density at radius 1 is 0.689 bits per heavy atom. The molecule has 4 aromatic carbocycles. The van der Waals surface area contributed by atoms with Crippen molar-refractivity contribution in [2.24, 2.45) is 0 Å². The zero-order chi connectivity index (χ0) is 29.7. The first-order valence-electron chi connectivity index (χ1n) is 16.0. The van der Waals surface area contributed by atoms with E-state index in [1.807, 2.05) is 12.1 Å². The quantitative estimate of drug-likeness (QED) is 0.219. The van der Waals surface area contributed by atoms with Crippen molar-refractivity contribution in [1.82, 2.24) is 0 Å². The van der Waals surface area contributed by atoms with Gasteiger partial charge in [-0.15, -0.1) is 0 Å². The second-order valence-electron chi connectivity index (χ2n) is 12.4. The SMILES string of the molecule is C1=CCCC(C2=CC(Nc3ccc(-c4ccc5c6c(oc5c4)C=C(c4cccc5c4oc4ccccc45)CC6)cc3)CC=C2)=C1. The molecule has 0 saturated carbocycles. The molecule has 0 radical (unpaired) electrons. The number of aryl methyl sites for hydroxylation is 1. The predicted molar refractivity (Wildman–Crippen MR) is 187 cm³/mol. The number of hydrogen-bond donors (Lipinski definition) is 1. The summed E-state index contributed by atoms with van der Waals surface area (Å²) in [6, 6.07) is 30.5. The highest BCUT2D eigenvalue weighted by atomic mass is 16.3. The molecule has 2 heterocycles. The Kier molecular flexibility index (Phi) is 6.22. The molecule has 1 N–H and O–H groups in total. The van der Waals surface area contributed by atoms with Crippen LogP contribution in [0.4, 0.5) is 5.69 Å². The summed E-state index contributed by atoms with van der Waals surface area (Å²) in [4.78, 5) is 0. The van der Waals surface area contributed by atoms with Crippen molar-refractivity contribution in [2.75, 3.05) is 5.32 Å². The first kappa shape index (κ1) is 26.2. The van der Waals surface area contributed by atoms with Crippen LogP contribution in [0, 0.1) is 0 Å². The molecule has 45 heavy (non-hydrogen) atoms. The van der Waals surface area contributed by atoms with Crippen molar-refractivity contribution in [3.63, 3.8) is 0 Å². The number of anilines is 1. The molecule has 9 rings (SSSR count). The molecule has 2 aromatic heterocycles. The zero-order valence-corrected chi connectivity index (χ0v) is 25.1. The Morgan fingerprint density at radius 3 is 2.49 bits per heavy atom. The van der Waals surface area contributed by atoms with Crippen LogP contribution in [0.1, 0.15) is 42.6 Å². The summed E-state index contributed by atoms with van der Waals surface area (Å²) in [5.41, 5.74) is 12.8. The molecule has 0 saturated heterocycles. The summed E-state index contributed by atoms with van der Waals surface area (Å²) in [5.74, 6) is 0.963. The molecular formula is C42H33NO2. The van der Waals surface area contributed by atoms with E-state index in [-0.39, 0.29) is 0 Å². The monoisotopic (exact) mass is 583 g/mol. The molecular weight excluding hydrogens is 550 g/mol. The van der Waals surface area contributed by atoms with E-state index in [2.05, 4.69) is 121 Å². The molecule has 1 atom stereocenters. The number of fused-ring (bicyclic) bond motifs is 6. The number of para-hydroxylation sites is 2. The topological polar surface area (TPSA) is 38.3 Å². The van der Waals surface area contributed by atoms with Gasteiger partial charge in [0.25, 0.3) is 0 Å². The maximum absolute atomic E-state index is 6.52. The van der Waals surface area contributed by atoms with Gasteiger partial charge in [-0.2, -0.15) is 0 Å². The van der Waals surface area contributed by atoms with Gasteiger partial charge in [0, 0.05) is 39.0 Å². The Balaban J connectivity index is 0.976. The summed E-state index contributed by atoms with van der Waals surface area (Å²) < 4.78 is 12.9. The van der Waals surface area contributed by atoms with Gasteiger partial charge < -0.3 is 14.2 Å². The third-order valence-electron chi connectivity index (χ3n) is 9.55. The number of nitrogens with one attached hydrogen (secondary N) is 1. The molecule has 0 bridgehead atoms. The molecule has 3 heteroatoms. The average molecular weight is 584 g/mol. The second-order valence-corrected chi connectivity index (χ2v) is 12.4. The summed E-state index contributed by atoms with van der Waals surface area (Å²) >= 11 is 0. The Labute approximate surface area is 262 Å². The van der Waals surface area contributed by atoms with Crippen molar-refractivity contribution in [3.8, 4) is 11.1 Å². The van der Waals surface area contributed by atoms with Gasteiger partial charge in [-0.1, -0.05) is 97.1 Å². The minimum atomic E-state index is 0.296. The number of hydrogen-bond acceptors (Lipinski definition) is 3. The van der Waals surface area contributed by atoms with Crippen LogP contribution in [0.15, 0.2) is 141 Å². The molecule has 0 fully saturated rings. The van der Waals surface area contributed by atoms with Crippen molar-refractivity contribution in [2.45, 2.75) is 38.1 Å². The van der Waals surface area contributed by atoms with Gasteiger partial charge in [0.15, 0.2) is 0 Å². The summed E-state index contributed by atoms with van der Waals surface area (Å²) in [7, 11) is 0. The molecule has 6 aromatic rings. The minimum absolute atomic E-state index is 0.296. The second kappa shape index (κ2) is 10.7. The predicted octanol–water partition coefficient (Wildman–Crippen LogP) is 11.4. The van der Waals surface area contributed by atoms with Crippen LogP contribution in [0.3, 0.4) is 0 Å². The van der Waals surface area contributed by atoms with Gasteiger partial charge >= 0.3 is 0 Å². The molecule has 1 unspecified atom stereocenters. The van der Waals surface area contributed by atoms with Crippen LogP contribution in [0.2, 0.25) is 0 Å². The minimum Gasteiger partial charge on any atom is -0.456 e. The van der Waals surface area contributed by atoms with Gasteiger partial charge in [0.05, 0.1) is 0 Å². The van der Waals surface area contributed by atoms with E-state index in [0.29, 0.717) is 6.04 Å². The van der Waals surface area contributed by atoms with E-state index in [1.54, 1.807) is 0 Å². The van der Waals surface area contributed by atoms with Crippen molar-refractivity contribution in [1.29, 1.82) is 0 Å². The number of rotatable bonds is 5. The zero-order valence-electron chi connectivity index (χ0n) is 25.1. The molecule has 218 valence electrons. The summed E-state index contributed by atoms with van der Waals surface area (Å²) in [6.45, 7) is 0. The lowest BCUT2D eigenvalue weighted by Crippen LogP contribution is -2.18. The first-order valence-corrected chi connectivity index (χ1v) is 16.0. The maximum Gasteiger partial charge on any atom is 0.142 e. The number of allylic oxidation sites excluding steroid dienone is 7. The van der Waals surface area contributed by atoms with Crippen LogP contribution in [0.25, 0.3) is 55.7 Å². The van der Waals surface area contributed by atoms with E-state index >= 15 is 0 Å². The normalized spacial score (nSPS) is 17.8. The fraction of sp³-hybridized carbons (Fsp3) is 0.143. The van der Waals surface area contributed by atoms with Crippen LogP contribution >= 0.6 is 0 Å². The van der Waals surface area contributed by atoms with Crippen molar-refractivity contribution in [3.05, 3.63) is 149 Å². The standard InChI is InChI=1S/C42H33NO2/c1-2-8-27(9-3-1)29-10-6-11-33(24-29)43-32-20-16-28(17-21-32)30-18-22-36-37-23-19-31(26-41(37)44-40(36)25-30)34-13-7-14-38-35-12-4-5-15-39(35)45-42(34)38/h1-2,4-8,10,12-18,20-22,24-26,33,43H,3,9,11,19,23H2. The highest BCUT2D eigenvalue weighted by Gasteiger charge is 2.22. The summed E-state index contributed by atoms with van der Waals surface area (Å²) in [5, 5.41) is 7.26. The van der Waals surface area contributed by atoms with Crippen molar-refractivity contribution >= 4 is 50.2 Å². The molecule has 0 spiro atoms. The third kappa shape index (κ3) is 4.67. The Hall–Kier alpha value is -5.28. The maximum atomic E-state index is 6.52. The molecule has 0 amide bonds. The average Bonchev–Trinajstić information content (AvgIpc) is 3.67. The van der Waals surface area contributed by atoms with Gasteiger partial charge in [-0.3, -0.25) is 0 Å². The fourth-order valence-corrected chi connectivity index (χ4v) is 7.24. The summed E-state index contributed by atoms with van der Waals surface area (Å²) in [6.07, 6.45) is 21.0. The van der Waals surface area contributed by atoms with E-state index in [9.17, 15) is 0 Å². The number of furan rings is 2. The van der Waals surface area contributed by atoms with Crippen LogP contribution in [-0.2, 0) is 6.42 Å². The fourth-order valence-electron chi connectivity index (χ4n) is 7.24. The molecule has 3 aliphatic rings. The van der Waals surface area contributed by atoms with E-state index in [4.69, 9.17) is 8.83 Å². The van der Waals surface area contributed by atoms with E-state index in [1.165, 1.54) is 33.2 Å². The highest BCUT2D eigenvalue weighted by Crippen LogP contribution is 2.41. The third-order valence-corrected chi connectivity index (χ3v) is 9.55. The lowest BCUT2D eigenvalue weighted by molar-refractivity contribution is 0.596. The van der Waals surface area contributed by atoms with Gasteiger partial charge in [0.1, 0.15) is 22.5 Å². The Morgan fingerprint density at radius 2 is 1.58 bits per heavy atom. The molecule has 3 aliphatic carbocycles. The Bertz CT molecular complexity index is 2270. The van der Waals surface area contributed by atoms with Gasteiger partial charge in [-0.25, -0.2) is 0 Å². The lowest BCUT2D eigenvalue weighted by atomic mass is 9.90. The molecule has 0 aliphatic heterocycles. The molecule has 3 nitrogen and oxygen atoms in total. The highest BCUT2D eigenvalue weighted by molar-refractivity contribution is 6.09.